The molecule has 2 saturated heterocycles. The summed E-state index contributed by atoms with van der Waals surface area (Å²) in [6.45, 7) is 3.73. The molecule has 2 fully saturated rings. The highest BCUT2D eigenvalue weighted by Gasteiger charge is 2.43. The van der Waals surface area contributed by atoms with Crippen molar-refractivity contribution in [1.82, 2.24) is 20.9 Å². The SMILES string of the molecule is CC[C@]1(C)NC(=O)[C@H](CCCCO)NC(=O)[C@H]2CCCN2C(=O)[C@H](Cc2ccc(OC)c(OC)c2)NC1=O. The van der Waals surface area contributed by atoms with Crippen LogP contribution in [0.5, 0.6) is 11.5 Å². The normalized spacial score (nSPS) is 26.4. The number of nitrogens with one attached hydrogen (secondary N) is 3. The molecule has 0 saturated carbocycles. The largest absolute Gasteiger partial charge is 0.493 e. The highest BCUT2D eigenvalue weighted by atomic mass is 16.5. The summed E-state index contributed by atoms with van der Waals surface area (Å²) >= 11 is 0. The minimum absolute atomic E-state index is 0.0241. The van der Waals surface area contributed by atoms with E-state index in [0.717, 1.165) is 5.56 Å². The molecule has 0 bridgehead atoms. The molecular formula is C27H40N4O7. The minimum Gasteiger partial charge on any atom is -0.493 e. The van der Waals surface area contributed by atoms with E-state index in [1.54, 1.807) is 32.0 Å². The average Bonchev–Trinajstić information content (AvgIpc) is 3.41. The molecule has 38 heavy (non-hydrogen) atoms. The first-order chi connectivity index (χ1) is 18.2. The van der Waals surface area contributed by atoms with Crippen molar-refractivity contribution >= 4 is 23.6 Å². The molecule has 11 nitrogen and oxygen atoms in total. The van der Waals surface area contributed by atoms with E-state index >= 15 is 0 Å². The van der Waals surface area contributed by atoms with Crippen LogP contribution in [0.3, 0.4) is 0 Å². The minimum atomic E-state index is -1.31. The number of carbonyl (C=O) groups is 4. The van der Waals surface area contributed by atoms with Gasteiger partial charge >= 0.3 is 0 Å². The molecule has 4 atom stereocenters. The van der Waals surface area contributed by atoms with Gasteiger partial charge in [-0.2, -0.15) is 0 Å². The predicted octanol–water partition coefficient (Wildman–Crippen LogP) is 0.668. The van der Waals surface area contributed by atoms with Crippen LogP contribution in [0.4, 0.5) is 0 Å². The Bertz CT molecular complexity index is 1030. The van der Waals surface area contributed by atoms with Gasteiger partial charge in [0.15, 0.2) is 11.5 Å². The first-order valence-corrected chi connectivity index (χ1v) is 13.2. The fourth-order valence-electron chi connectivity index (χ4n) is 4.93. The summed E-state index contributed by atoms with van der Waals surface area (Å²) in [5.74, 6) is -0.666. The third-order valence-corrected chi connectivity index (χ3v) is 7.47. The van der Waals surface area contributed by atoms with E-state index < -0.39 is 41.4 Å². The van der Waals surface area contributed by atoms with Gasteiger partial charge in [-0.05, 0) is 63.1 Å². The van der Waals surface area contributed by atoms with E-state index in [2.05, 4.69) is 16.0 Å². The zero-order valence-corrected chi connectivity index (χ0v) is 22.7. The number of hydrogen-bond acceptors (Lipinski definition) is 7. The van der Waals surface area contributed by atoms with Gasteiger partial charge < -0.3 is 35.4 Å². The topological polar surface area (TPSA) is 146 Å². The fraction of sp³-hybridized carbons (Fsp3) is 0.630. The molecule has 11 heteroatoms. The molecule has 0 aliphatic carbocycles. The van der Waals surface area contributed by atoms with Crippen LogP contribution in [0, 0.1) is 0 Å². The van der Waals surface area contributed by atoms with Crippen LogP contribution < -0.4 is 25.4 Å². The van der Waals surface area contributed by atoms with Crippen LogP contribution in [0.1, 0.15) is 57.9 Å². The lowest BCUT2D eigenvalue weighted by Gasteiger charge is -2.36. The van der Waals surface area contributed by atoms with E-state index in [4.69, 9.17) is 14.6 Å². The van der Waals surface area contributed by atoms with Gasteiger partial charge in [0.05, 0.1) is 14.2 Å². The predicted molar refractivity (Wildman–Crippen MR) is 140 cm³/mol. The molecule has 4 N–H and O–H groups in total. The number of hydrogen-bond donors (Lipinski definition) is 4. The Balaban J connectivity index is 1.97. The van der Waals surface area contributed by atoms with Crippen molar-refractivity contribution in [2.45, 2.75) is 82.5 Å². The number of rotatable bonds is 9. The summed E-state index contributed by atoms with van der Waals surface area (Å²) in [5.41, 5.74) is -0.573. The summed E-state index contributed by atoms with van der Waals surface area (Å²) in [6, 6.07) is 2.69. The third kappa shape index (κ3) is 6.56. The number of nitrogens with zero attached hydrogens (tertiary/aromatic N) is 1. The highest BCUT2D eigenvalue weighted by molar-refractivity contribution is 5.99. The lowest BCUT2D eigenvalue weighted by atomic mass is 9.94. The molecule has 1 aromatic rings. The van der Waals surface area contributed by atoms with Crippen LogP contribution in [-0.2, 0) is 25.6 Å². The third-order valence-electron chi connectivity index (χ3n) is 7.47. The van der Waals surface area contributed by atoms with Crippen LogP contribution in [0.15, 0.2) is 18.2 Å². The Hall–Kier alpha value is -3.34. The molecule has 2 aliphatic rings. The monoisotopic (exact) mass is 532 g/mol. The maximum Gasteiger partial charge on any atom is 0.246 e. The van der Waals surface area contributed by atoms with Crippen molar-refractivity contribution in [2.24, 2.45) is 0 Å². The molecule has 2 aliphatic heterocycles. The number of benzene rings is 1. The number of fused-ring (bicyclic) bond motifs is 1. The lowest BCUT2D eigenvalue weighted by molar-refractivity contribution is -0.144. The number of unbranched alkanes of at least 4 members (excludes halogenated alkanes) is 1. The molecule has 0 unspecified atom stereocenters. The molecule has 0 aromatic heterocycles. The Morgan fingerprint density at radius 3 is 2.42 bits per heavy atom. The molecule has 0 spiro atoms. The Kier molecular flexibility index (Phi) is 9.96. The zero-order chi connectivity index (χ0) is 27.9. The smallest absolute Gasteiger partial charge is 0.246 e. The summed E-state index contributed by atoms with van der Waals surface area (Å²) < 4.78 is 10.7. The first kappa shape index (κ1) is 29.2. The van der Waals surface area contributed by atoms with Crippen LogP contribution >= 0.6 is 0 Å². The summed E-state index contributed by atoms with van der Waals surface area (Å²) in [4.78, 5) is 55.5. The number of ether oxygens (including phenoxy) is 2. The summed E-state index contributed by atoms with van der Waals surface area (Å²) in [6.07, 6.45) is 2.84. The second-order valence-electron chi connectivity index (χ2n) is 10.1. The Morgan fingerprint density at radius 1 is 1.03 bits per heavy atom. The van der Waals surface area contributed by atoms with Crippen molar-refractivity contribution in [3.8, 4) is 11.5 Å². The van der Waals surface area contributed by atoms with E-state index in [1.807, 2.05) is 0 Å². The van der Waals surface area contributed by atoms with Gasteiger partial charge in [-0.1, -0.05) is 13.0 Å². The van der Waals surface area contributed by atoms with E-state index in [1.165, 1.54) is 19.1 Å². The van der Waals surface area contributed by atoms with Crippen molar-refractivity contribution in [3.05, 3.63) is 23.8 Å². The molecular weight excluding hydrogens is 492 g/mol. The molecule has 1 aromatic carbocycles. The molecule has 210 valence electrons. The molecule has 2 heterocycles. The first-order valence-electron chi connectivity index (χ1n) is 13.2. The lowest BCUT2D eigenvalue weighted by Crippen LogP contribution is -2.65. The molecule has 4 amide bonds. The highest BCUT2D eigenvalue weighted by Crippen LogP contribution is 2.29. The van der Waals surface area contributed by atoms with Crippen LogP contribution in [0.25, 0.3) is 0 Å². The summed E-state index contributed by atoms with van der Waals surface area (Å²) in [5, 5.41) is 17.7. The Labute approximate surface area is 223 Å². The second kappa shape index (κ2) is 12.9. The maximum absolute atomic E-state index is 13.8. The standard InChI is InChI=1S/C27H40N4O7/c1-5-27(2)26(36)29-19(15-17-11-12-21(37-3)22(16-17)38-4)25(35)31-13-8-10-20(31)24(34)28-18(23(33)30-27)9-6-7-14-32/h11-12,16,18-20,32H,5-10,13-15H2,1-4H3,(H,28,34)(H,29,36)(H,30,33)/t18-,19-,20+,27-/m0/s1. The second-order valence-corrected chi connectivity index (χ2v) is 10.1. The molecule has 0 radical (unpaired) electrons. The fourth-order valence-corrected chi connectivity index (χ4v) is 4.93. The van der Waals surface area contributed by atoms with Crippen molar-refractivity contribution < 1.29 is 33.8 Å². The van der Waals surface area contributed by atoms with Crippen molar-refractivity contribution in [2.75, 3.05) is 27.4 Å². The van der Waals surface area contributed by atoms with E-state index in [-0.39, 0.29) is 25.4 Å². The summed E-state index contributed by atoms with van der Waals surface area (Å²) in [7, 11) is 3.05. The van der Waals surface area contributed by atoms with Crippen molar-refractivity contribution in [1.29, 1.82) is 0 Å². The van der Waals surface area contributed by atoms with Crippen LogP contribution in [0.2, 0.25) is 0 Å². The van der Waals surface area contributed by atoms with Gasteiger partial charge in [-0.15, -0.1) is 0 Å². The van der Waals surface area contributed by atoms with Gasteiger partial charge in [-0.3, -0.25) is 19.2 Å². The number of aliphatic hydroxyl groups is 1. The quantitative estimate of drug-likeness (QED) is 0.342. The number of amides is 4. The van der Waals surface area contributed by atoms with Crippen molar-refractivity contribution in [3.63, 3.8) is 0 Å². The van der Waals surface area contributed by atoms with Gasteiger partial charge in [0.25, 0.3) is 0 Å². The van der Waals surface area contributed by atoms with Gasteiger partial charge in [0.2, 0.25) is 23.6 Å². The maximum atomic E-state index is 13.8. The van der Waals surface area contributed by atoms with Gasteiger partial charge in [0, 0.05) is 19.6 Å². The zero-order valence-electron chi connectivity index (χ0n) is 22.7. The van der Waals surface area contributed by atoms with E-state index in [9.17, 15) is 19.2 Å². The number of aliphatic hydroxyl groups excluding tert-OH is 1. The molecule has 3 rings (SSSR count). The Morgan fingerprint density at radius 2 is 1.76 bits per heavy atom. The number of carbonyl (C=O) groups excluding carboxylic acids is 4. The number of methoxy groups -OCH3 is 2. The van der Waals surface area contributed by atoms with Crippen LogP contribution in [-0.4, -0.2) is 84.7 Å². The van der Waals surface area contributed by atoms with Gasteiger partial charge in [-0.25, -0.2) is 0 Å². The van der Waals surface area contributed by atoms with E-state index in [0.29, 0.717) is 50.1 Å². The average molecular weight is 533 g/mol. The van der Waals surface area contributed by atoms with Gasteiger partial charge in [0.1, 0.15) is 23.7 Å².